The third-order valence-corrected chi connectivity index (χ3v) is 3.60. The van der Waals surface area contributed by atoms with Crippen molar-refractivity contribution < 1.29 is 0 Å². The molecule has 0 amide bonds. The van der Waals surface area contributed by atoms with E-state index in [1.165, 1.54) is 5.52 Å². The molecule has 0 unspecified atom stereocenters. The van der Waals surface area contributed by atoms with E-state index in [0.717, 1.165) is 24.6 Å². The average Bonchev–Trinajstić information content (AvgIpc) is 2.74. The van der Waals surface area contributed by atoms with E-state index in [1.807, 2.05) is 12.1 Å². The molecule has 19 heavy (non-hydrogen) atoms. The molecular weight excluding hydrogens is 236 g/mol. The Bertz CT molecular complexity index is 556. The summed E-state index contributed by atoms with van der Waals surface area (Å²) in [5.41, 5.74) is 8.15. The lowest BCUT2D eigenvalue weighted by Crippen LogP contribution is -2.39. The van der Waals surface area contributed by atoms with E-state index in [9.17, 15) is 0 Å². The zero-order chi connectivity index (χ0) is 14.0. The summed E-state index contributed by atoms with van der Waals surface area (Å²) >= 11 is 0. The standard InChI is InChI=1S/C15H24N4/c1-5-19(11-15(2,3)10-16)14-17-12-8-6-7-9-13(12)18(14)4/h6-9H,5,10-11,16H2,1-4H3. The van der Waals surface area contributed by atoms with Crippen molar-refractivity contribution in [2.45, 2.75) is 20.8 Å². The van der Waals surface area contributed by atoms with E-state index in [4.69, 9.17) is 10.7 Å². The molecule has 4 nitrogen and oxygen atoms in total. The van der Waals surface area contributed by atoms with Crippen LogP contribution in [0.5, 0.6) is 0 Å². The number of aromatic nitrogens is 2. The van der Waals surface area contributed by atoms with Crippen LogP contribution in [0.2, 0.25) is 0 Å². The highest BCUT2D eigenvalue weighted by molar-refractivity contribution is 5.78. The van der Waals surface area contributed by atoms with Crippen LogP contribution in [0.3, 0.4) is 0 Å². The molecule has 0 saturated carbocycles. The fraction of sp³-hybridized carbons (Fsp3) is 0.533. The van der Waals surface area contributed by atoms with Gasteiger partial charge in [0.15, 0.2) is 0 Å². The highest BCUT2D eigenvalue weighted by Crippen LogP contribution is 2.24. The second-order valence-corrected chi connectivity index (χ2v) is 5.84. The lowest BCUT2D eigenvalue weighted by atomic mass is 9.93. The molecule has 0 aliphatic heterocycles. The topological polar surface area (TPSA) is 47.1 Å². The third kappa shape index (κ3) is 2.73. The predicted octanol–water partition coefficient (Wildman–Crippen LogP) is 2.38. The first-order chi connectivity index (χ1) is 8.98. The van der Waals surface area contributed by atoms with Gasteiger partial charge in [-0.2, -0.15) is 0 Å². The zero-order valence-corrected chi connectivity index (χ0v) is 12.3. The Balaban J connectivity index is 2.38. The van der Waals surface area contributed by atoms with Crippen LogP contribution in [-0.4, -0.2) is 29.2 Å². The van der Waals surface area contributed by atoms with Gasteiger partial charge in [0.05, 0.1) is 11.0 Å². The van der Waals surface area contributed by atoms with E-state index in [1.54, 1.807) is 0 Å². The second-order valence-electron chi connectivity index (χ2n) is 5.84. The fourth-order valence-electron chi connectivity index (χ4n) is 2.32. The quantitative estimate of drug-likeness (QED) is 0.898. The molecule has 1 aromatic heterocycles. The number of nitrogens with two attached hydrogens (primary N) is 1. The number of benzene rings is 1. The summed E-state index contributed by atoms with van der Waals surface area (Å²) in [5.74, 6) is 1.02. The van der Waals surface area contributed by atoms with Gasteiger partial charge in [-0.15, -0.1) is 0 Å². The zero-order valence-electron chi connectivity index (χ0n) is 12.3. The molecule has 0 bridgehead atoms. The Morgan fingerprint density at radius 3 is 2.58 bits per heavy atom. The Labute approximate surface area is 115 Å². The van der Waals surface area contributed by atoms with Crippen LogP contribution in [0.4, 0.5) is 5.95 Å². The normalized spacial score (nSPS) is 12.1. The molecule has 2 N–H and O–H groups in total. The minimum Gasteiger partial charge on any atom is -0.342 e. The van der Waals surface area contributed by atoms with Crippen LogP contribution in [0.25, 0.3) is 11.0 Å². The van der Waals surface area contributed by atoms with Crippen LogP contribution in [0.1, 0.15) is 20.8 Å². The molecule has 2 rings (SSSR count). The number of aryl methyl sites for hydroxylation is 1. The Morgan fingerprint density at radius 1 is 1.32 bits per heavy atom. The second kappa shape index (κ2) is 5.21. The summed E-state index contributed by atoms with van der Waals surface area (Å²) in [6.45, 7) is 9.06. The monoisotopic (exact) mass is 260 g/mol. The minimum absolute atomic E-state index is 0.0914. The number of hydrogen-bond acceptors (Lipinski definition) is 3. The largest absolute Gasteiger partial charge is 0.342 e. The maximum Gasteiger partial charge on any atom is 0.206 e. The molecule has 2 aromatic rings. The van der Waals surface area contributed by atoms with Crippen molar-refractivity contribution >= 4 is 17.0 Å². The van der Waals surface area contributed by atoms with E-state index in [2.05, 4.69) is 49.4 Å². The number of rotatable bonds is 5. The highest BCUT2D eigenvalue weighted by Gasteiger charge is 2.22. The Hall–Kier alpha value is -1.55. The molecule has 0 spiro atoms. The maximum atomic E-state index is 5.85. The Kier molecular flexibility index (Phi) is 3.80. The molecule has 104 valence electrons. The number of nitrogens with zero attached hydrogens (tertiary/aromatic N) is 3. The van der Waals surface area contributed by atoms with Crippen molar-refractivity contribution in [3.63, 3.8) is 0 Å². The van der Waals surface area contributed by atoms with Crippen LogP contribution < -0.4 is 10.6 Å². The van der Waals surface area contributed by atoms with Gasteiger partial charge in [0, 0.05) is 20.1 Å². The van der Waals surface area contributed by atoms with Crippen LogP contribution in [0.15, 0.2) is 24.3 Å². The lowest BCUT2D eigenvalue weighted by Gasteiger charge is -2.31. The molecule has 1 aromatic carbocycles. The molecule has 0 atom stereocenters. The summed E-state index contributed by atoms with van der Waals surface area (Å²) in [4.78, 5) is 7.05. The molecule has 0 radical (unpaired) electrons. The van der Waals surface area contributed by atoms with Gasteiger partial charge in [0.25, 0.3) is 0 Å². The number of imidazole rings is 1. The summed E-state index contributed by atoms with van der Waals surface area (Å²) in [7, 11) is 2.07. The van der Waals surface area contributed by atoms with Crippen molar-refractivity contribution in [1.82, 2.24) is 9.55 Å². The summed E-state index contributed by atoms with van der Waals surface area (Å²) in [5, 5.41) is 0. The number of hydrogen-bond donors (Lipinski definition) is 1. The Morgan fingerprint density at radius 2 is 2.00 bits per heavy atom. The molecule has 1 heterocycles. The number of fused-ring (bicyclic) bond motifs is 1. The fourth-order valence-corrected chi connectivity index (χ4v) is 2.32. The van der Waals surface area contributed by atoms with Crippen molar-refractivity contribution in [3.8, 4) is 0 Å². The summed E-state index contributed by atoms with van der Waals surface area (Å²) in [6.07, 6.45) is 0. The van der Waals surface area contributed by atoms with Gasteiger partial charge >= 0.3 is 0 Å². The smallest absolute Gasteiger partial charge is 0.206 e. The van der Waals surface area contributed by atoms with Crippen LogP contribution in [0, 0.1) is 5.41 Å². The molecule has 0 fully saturated rings. The average molecular weight is 260 g/mol. The molecule has 0 aliphatic rings. The van der Waals surface area contributed by atoms with Gasteiger partial charge in [-0.1, -0.05) is 26.0 Å². The van der Waals surface area contributed by atoms with Crippen LogP contribution in [-0.2, 0) is 7.05 Å². The van der Waals surface area contributed by atoms with E-state index in [0.29, 0.717) is 6.54 Å². The summed E-state index contributed by atoms with van der Waals surface area (Å²) in [6, 6.07) is 8.24. The van der Waals surface area contributed by atoms with E-state index in [-0.39, 0.29) is 5.41 Å². The van der Waals surface area contributed by atoms with Crippen LogP contribution >= 0.6 is 0 Å². The lowest BCUT2D eigenvalue weighted by molar-refractivity contribution is 0.377. The first-order valence-corrected chi connectivity index (χ1v) is 6.85. The van der Waals surface area contributed by atoms with E-state index >= 15 is 0 Å². The third-order valence-electron chi connectivity index (χ3n) is 3.60. The first kappa shape index (κ1) is 13.9. The molecule has 4 heteroatoms. The van der Waals surface area contributed by atoms with Gasteiger partial charge in [-0.25, -0.2) is 4.98 Å². The van der Waals surface area contributed by atoms with Crippen molar-refractivity contribution in [3.05, 3.63) is 24.3 Å². The van der Waals surface area contributed by atoms with Crippen molar-refractivity contribution in [2.24, 2.45) is 18.2 Å². The first-order valence-electron chi connectivity index (χ1n) is 6.85. The molecular formula is C15H24N4. The van der Waals surface area contributed by atoms with E-state index < -0.39 is 0 Å². The summed E-state index contributed by atoms with van der Waals surface area (Å²) < 4.78 is 2.16. The minimum atomic E-state index is 0.0914. The van der Waals surface area contributed by atoms with Crippen molar-refractivity contribution in [1.29, 1.82) is 0 Å². The highest BCUT2D eigenvalue weighted by atomic mass is 15.3. The number of anilines is 1. The SMILES string of the molecule is CCN(CC(C)(C)CN)c1nc2ccccc2n1C. The van der Waals surface area contributed by atoms with Gasteiger partial charge in [-0.3, -0.25) is 0 Å². The number of para-hydroxylation sites is 2. The van der Waals surface area contributed by atoms with Gasteiger partial charge in [0.1, 0.15) is 0 Å². The van der Waals surface area contributed by atoms with Gasteiger partial charge in [0.2, 0.25) is 5.95 Å². The predicted molar refractivity (Wildman–Crippen MR) is 81.4 cm³/mol. The molecule has 0 saturated heterocycles. The molecule has 0 aliphatic carbocycles. The van der Waals surface area contributed by atoms with Gasteiger partial charge in [-0.05, 0) is 31.0 Å². The van der Waals surface area contributed by atoms with Gasteiger partial charge < -0.3 is 15.2 Å². The van der Waals surface area contributed by atoms with Crippen molar-refractivity contribution in [2.75, 3.05) is 24.5 Å². The maximum absolute atomic E-state index is 5.85.